The van der Waals surface area contributed by atoms with E-state index in [-0.39, 0.29) is 11.4 Å². The Hall–Kier alpha value is -3.65. The van der Waals surface area contributed by atoms with Crippen LogP contribution in [0.15, 0.2) is 65.4 Å². The lowest BCUT2D eigenvalue weighted by atomic mass is 10.2. The molecule has 148 valence electrons. The molecular formula is C21H13ClF2N5O+. The molecule has 6 nitrogen and oxygen atoms in total. The Morgan fingerprint density at radius 2 is 1.87 bits per heavy atom. The van der Waals surface area contributed by atoms with Crippen LogP contribution in [0.3, 0.4) is 0 Å². The van der Waals surface area contributed by atoms with Crippen molar-refractivity contribution in [1.82, 2.24) is 20.1 Å². The number of nitrogens with one attached hydrogen (secondary N) is 1. The van der Waals surface area contributed by atoms with Crippen LogP contribution in [0.25, 0.3) is 33.8 Å². The highest BCUT2D eigenvalue weighted by atomic mass is 35.5. The quantitative estimate of drug-likeness (QED) is 0.430. The van der Waals surface area contributed by atoms with Gasteiger partial charge < -0.3 is 9.51 Å². The van der Waals surface area contributed by atoms with Crippen LogP contribution in [0.5, 0.6) is 0 Å². The van der Waals surface area contributed by atoms with E-state index in [9.17, 15) is 8.78 Å². The van der Waals surface area contributed by atoms with Gasteiger partial charge in [0.25, 0.3) is 5.89 Å². The van der Waals surface area contributed by atoms with Crippen molar-refractivity contribution in [3.63, 3.8) is 0 Å². The number of hydrogen-bond acceptors (Lipinski definition) is 4. The number of imidazole rings is 1. The summed E-state index contributed by atoms with van der Waals surface area (Å²) in [7, 11) is 0. The zero-order chi connectivity index (χ0) is 20.7. The van der Waals surface area contributed by atoms with Gasteiger partial charge in [0.1, 0.15) is 16.9 Å². The lowest BCUT2D eigenvalue weighted by Gasteiger charge is -1.99. The summed E-state index contributed by atoms with van der Waals surface area (Å²) in [5.41, 5.74) is 2.15. The van der Waals surface area contributed by atoms with Crippen LogP contribution in [0.4, 0.5) is 8.78 Å². The Morgan fingerprint density at radius 3 is 2.70 bits per heavy atom. The molecule has 0 amide bonds. The highest BCUT2D eigenvalue weighted by Gasteiger charge is 2.17. The van der Waals surface area contributed by atoms with Crippen LogP contribution < -0.4 is 4.57 Å². The first-order valence-corrected chi connectivity index (χ1v) is 9.36. The van der Waals surface area contributed by atoms with Crippen LogP contribution in [-0.2, 0) is 6.54 Å². The van der Waals surface area contributed by atoms with Gasteiger partial charge in [-0.15, -0.1) is 0 Å². The molecule has 0 unspecified atom stereocenters. The second kappa shape index (κ2) is 7.31. The van der Waals surface area contributed by atoms with Crippen molar-refractivity contribution >= 4 is 22.6 Å². The van der Waals surface area contributed by atoms with E-state index < -0.39 is 11.6 Å². The summed E-state index contributed by atoms with van der Waals surface area (Å²) in [5, 5.41) is 4.62. The molecule has 3 heterocycles. The van der Waals surface area contributed by atoms with Crippen molar-refractivity contribution < 1.29 is 17.9 Å². The van der Waals surface area contributed by atoms with E-state index in [4.69, 9.17) is 16.1 Å². The van der Waals surface area contributed by atoms with Gasteiger partial charge in [0.2, 0.25) is 12.4 Å². The van der Waals surface area contributed by atoms with Gasteiger partial charge in [-0.2, -0.15) is 9.55 Å². The van der Waals surface area contributed by atoms with E-state index in [2.05, 4.69) is 20.1 Å². The fraction of sp³-hybridized carbons (Fsp3) is 0.0476. The lowest BCUT2D eigenvalue weighted by Crippen LogP contribution is -2.33. The molecule has 0 spiro atoms. The number of H-pyrrole nitrogens is 1. The number of hydrogen-bond donors (Lipinski definition) is 1. The molecule has 3 aromatic heterocycles. The molecule has 9 heteroatoms. The molecule has 0 aliphatic rings. The van der Waals surface area contributed by atoms with Crippen molar-refractivity contribution in [3.8, 4) is 22.8 Å². The van der Waals surface area contributed by atoms with Gasteiger partial charge in [-0.25, -0.2) is 13.8 Å². The molecule has 0 saturated heterocycles. The van der Waals surface area contributed by atoms with Crippen LogP contribution >= 0.6 is 11.6 Å². The molecule has 0 atom stereocenters. The Balaban J connectivity index is 1.42. The van der Waals surface area contributed by atoms with Crippen LogP contribution in [-0.4, -0.2) is 20.1 Å². The molecule has 0 aliphatic heterocycles. The summed E-state index contributed by atoms with van der Waals surface area (Å²) in [6.45, 7) is 0.333. The number of nitrogens with zero attached hydrogens (tertiary/aromatic N) is 4. The number of benzene rings is 2. The third kappa shape index (κ3) is 3.42. The van der Waals surface area contributed by atoms with Crippen molar-refractivity contribution in [1.29, 1.82) is 0 Å². The number of pyridine rings is 1. The second-order valence-corrected chi connectivity index (χ2v) is 7.06. The number of aromatic amines is 1. The van der Waals surface area contributed by atoms with Gasteiger partial charge in [0.05, 0.1) is 5.56 Å². The average molecular weight is 425 g/mol. The van der Waals surface area contributed by atoms with Crippen molar-refractivity contribution in [2.45, 2.75) is 6.54 Å². The van der Waals surface area contributed by atoms with Crippen LogP contribution in [0.1, 0.15) is 5.89 Å². The Kier molecular flexibility index (Phi) is 4.48. The molecular weight excluding hydrogens is 412 g/mol. The summed E-state index contributed by atoms with van der Waals surface area (Å²) in [5.74, 6) is -0.725. The molecule has 0 fully saturated rings. The Labute approximate surface area is 173 Å². The molecule has 5 aromatic rings. The molecule has 0 aliphatic carbocycles. The van der Waals surface area contributed by atoms with E-state index in [1.807, 2.05) is 16.7 Å². The summed E-state index contributed by atoms with van der Waals surface area (Å²) in [4.78, 5) is 11.8. The average Bonchev–Trinajstić information content (AvgIpc) is 3.37. The van der Waals surface area contributed by atoms with Crippen LogP contribution in [0.2, 0.25) is 5.02 Å². The summed E-state index contributed by atoms with van der Waals surface area (Å²) < 4.78 is 34.8. The first kappa shape index (κ1) is 18.4. The van der Waals surface area contributed by atoms with Crippen molar-refractivity contribution in [3.05, 3.63) is 83.5 Å². The minimum Gasteiger partial charge on any atom is -0.333 e. The van der Waals surface area contributed by atoms with E-state index in [0.29, 0.717) is 34.3 Å². The third-order valence-electron chi connectivity index (χ3n) is 4.58. The first-order valence-electron chi connectivity index (χ1n) is 8.98. The van der Waals surface area contributed by atoms with Crippen LogP contribution in [0, 0.1) is 11.6 Å². The predicted octanol–water partition coefficient (Wildman–Crippen LogP) is 4.55. The van der Waals surface area contributed by atoms with Gasteiger partial charge in [0, 0.05) is 16.7 Å². The minimum absolute atomic E-state index is 0.0715. The van der Waals surface area contributed by atoms with Gasteiger partial charge >= 0.3 is 0 Å². The monoisotopic (exact) mass is 424 g/mol. The number of aromatic nitrogens is 5. The molecule has 0 bridgehead atoms. The molecule has 2 aromatic carbocycles. The van der Waals surface area contributed by atoms with Crippen molar-refractivity contribution in [2.24, 2.45) is 0 Å². The van der Waals surface area contributed by atoms with Gasteiger partial charge in [0.15, 0.2) is 24.0 Å². The SMILES string of the molecule is Fc1cccc(-c2nc3cc[n+](Cc4nc(-c5ccc(Cl)cc5)no4)cc3[nH]2)c1F. The molecule has 0 radical (unpaired) electrons. The van der Waals surface area contributed by atoms with E-state index in [1.54, 1.807) is 30.6 Å². The zero-order valence-corrected chi connectivity index (χ0v) is 16.1. The smallest absolute Gasteiger partial charge is 0.292 e. The van der Waals surface area contributed by atoms with Gasteiger partial charge in [-0.3, -0.25) is 0 Å². The Bertz CT molecular complexity index is 1360. The molecule has 1 N–H and O–H groups in total. The Morgan fingerprint density at radius 1 is 1.03 bits per heavy atom. The topological polar surface area (TPSA) is 71.5 Å². The van der Waals surface area contributed by atoms with E-state index in [0.717, 1.165) is 11.6 Å². The molecule has 0 saturated carbocycles. The predicted molar refractivity (Wildman–Crippen MR) is 105 cm³/mol. The largest absolute Gasteiger partial charge is 0.333 e. The normalized spacial score (nSPS) is 11.3. The van der Waals surface area contributed by atoms with Crippen molar-refractivity contribution in [2.75, 3.05) is 0 Å². The standard InChI is InChI=1S/C21H12ClF2N5O/c22-13-6-4-12(5-7-13)20-27-18(30-28-20)11-29-9-8-16-17(10-29)26-21(25-16)14-2-1-3-15(23)19(14)24/h1-10H,11H2/p+1. The summed E-state index contributed by atoms with van der Waals surface area (Å²) in [6, 6.07) is 12.9. The third-order valence-corrected chi connectivity index (χ3v) is 4.83. The first-order chi connectivity index (χ1) is 14.6. The number of rotatable bonds is 4. The number of fused-ring (bicyclic) bond motifs is 1. The highest BCUT2D eigenvalue weighted by molar-refractivity contribution is 6.30. The summed E-state index contributed by atoms with van der Waals surface area (Å²) in [6.07, 6.45) is 3.58. The van der Waals surface area contributed by atoms with E-state index in [1.165, 1.54) is 12.1 Å². The molecule has 5 rings (SSSR count). The zero-order valence-electron chi connectivity index (χ0n) is 15.3. The maximum atomic E-state index is 14.1. The number of halogens is 3. The molecule has 30 heavy (non-hydrogen) atoms. The highest BCUT2D eigenvalue weighted by Crippen LogP contribution is 2.24. The minimum atomic E-state index is -0.940. The fourth-order valence-corrected chi connectivity index (χ4v) is 3.23. The van der Waals surface area contributed by atoms with E-state index >= 15 is 0 Å². The van der Waals surface area contributed by atoms with Gasteiger partial charge in [-0.1, -0.05) is 22.8 Å². The second-order valence-electron chi connectivity index (χ2n) is 6.62. The van der Waals surface area contributed by atoms with Gasteiger partial charge in [-0.05, 0) is 36.4 Å². The lowest BCUT2D eigenvalue weighted by molar-refractivity contribution is -0.689. The maximum Gasteiger partial charge on any atom is 0.292 e. The fourth-order valence-electron chi connectivity index (χ4n) is 3.10. The summed E-state index contributed by atoms with van der Waals surface area (Å²) >= 11 is 5.90. The maximum absolute atomic E-state index is 14.1.